The lowest BCUT2D eigenvalue weighted by Crippen LogP contribution is -2.05. The minimum atomic E-state index is -4.25. The summed E-state index contributed by atoms with van der Waals surface area (Å²) in [4.78, 5) is 0. The van der Waals surface area contributed by atoms with Gasteiger partial charge in [0.15, 0.2) is 0 Å². The van der Waals surface area contributed by atoms with Crippen molar-refractivity contribution in [2.24, 2.45) is 5.73 Å². The van der Waals surface area contributed by atoms with Gasteiger partial charge in [-0.05, 0) is 24.1 Å². The van der Waals surface area contributed by atoms with Crippen molar-refractivity contribution in [2.75, 3.05) is 0 Å². The quantitative estimate of drug-likeness (QED) is 0.742. The normalized spacial score (nSPS) is 26.3. The first kappa shape index (κ1) is 9.52. The molecule has 1 nitrogen and oxygen atoms in total. The number of nitrogens with two attached hydrogens (primary N) is 1. The molecule has 1 fully saturated rings. The molecule has 1 aliphatic rings. The van der Waals surface area contributed by atoms with Gasteiger partial charge in [-0.2, -0.15) is 13.2 Å². The van der Waals surface area contributed by atoms with Crippen molar-refractivity contribution in [3.8, 4) is 0 Å². The van der Waals surface area contributed by atoms with Gasteiger partial charge in [0.1, 0.15) is 0 Å². The van der Waals surface area contributed by atoms with Gasteiger partial charge in [-0.1, -0.05) is 12.1 Å². The maximum atomic E-state index is 12.2. The Hall–Kier alpha value is -1.03. The van der Waals surface area contributed by atoms with Crippen molar-refractivity contribution < 1.29 is 13.2 Å². The molecule has 0 aromatic heterocycles. The molecule has 2 atom stereocenters. The molecule has 14 heavy (non-hydrogen) atoms. The van der Waals surface area contributed by atoms with Gasteiger partial charge in [0, 0.05) is 12.0 Å². The second kappa shape index (κ2) is 2.98. The Morgan fingerprint density at radius 3 is 2.00 bits per heavy atom. The van der Waals surface area contributed by atoms with E-state index < -0.39 is 11.7 Å². The summed E-state index contributed by atoms with van der Waals surface area (Å²) < 4.78 is 36.6. The van der Waals surface area contributed by atoms with Crippen molar-refractivity contribution in [3.63, 3.8) is 0 Å². The van der Waals surface area contributed by atoms with Crippen LogP contribution in [-0.4, -0.2) is 6.04 Å². The predicted octanol–water partition coefficient (Wildman–Crippen LogP) is 2.52. The Morgan fingerprint density at radius 2 is 1.64 bits per heavy atom. The minimum Gasteiger partial charge on any atom is -0.327 e. The van der Waals surface area contributed by atoms with Gasteiger partial charge < -0.3 is 5.73 Å². The fourth-order valence-corrected chi connectivity index (χ4v) is 1.52. The zero-order valence-electron chi connectivity index (χ0n) is 7.38. The van der Waals surface area contributed by atoms with Crippen LogP contribution < -0.4 is 5.73 Å². The molecule has 0 bridgehead atoms. The minimum absolute atomic E-state index is 0.131. The zero-order valence-corrected chi connectivity index (χ0v) is 7.38. The van der Waals surface area contributed by atoms with E-state index >= 15 is 0 Å². The maximum absolute atomic E-state index is 12.2. The van der Waals surface area contributed by atoms with Gasteiger partial charge in [0.25, 0.3) is 0 Å². The number of hydrogen-bond acceptors (Lipinski definition) is 1. The lowest BCUT2D eigenvalue weighted by Gasteiger charge is -2.06. The van der Waals surface area contributed by atoms with E-state index in [2.05, 4.69) is 0 Å². The molecule has 1 aromatic carbocycles. The molecule has 2 N–H and O–H groups in total. The monoisotopic (exact) mass is 201 g/mol. The largest absolute Gasteiger partial charge is 0.416 e. The third kappa shape index (κ3) is 1.75. The molecule has 0 saturated heterocycles. The van der Waals surface area contributed by atoms with Crippen LogP contribution in [-0.2, 0) is 6.18 Å². The van der Waals surface area contributed by atoms with E-state index in [4.69, 9.17) is 5.73 Å². The molecule has 1 saturated carbocycles. The fraction of sp³-hybridized carbons (Fsp3) is 0.400. The van der Waals surface area contributed by atoms with Crippen molar-refractivity contribution in [3.05, 3.63) is 35.4 Å². The highest BCUT2D eigenvalue weighted by atomic mass is 19.4. The Kier molecular flexibility index (Phi) is 2.03. The summed E-state index contributed by atoms with van der Waals surface area (Å²) in [5.41, 5.74) is 5.91. The Morgan fingerprint density at radius 1 is 1.14 bits per heavy atom. The van der Waals surface area contributed by atoms with Crippen LogP contribution in [0.5, 0.6) is 0 Å². The van der Waals surface area contributed by atoms with E-state index in [1.165, 1.54) is 12.1 Å². The number of rotatable bonds is 1. The summed E-state index contributed by atoms with van der Waals surface area (Å²) in [5.74, 6) is 0.261. The Bertz CT molecular complexity index is 328. The molecule has 76 valence electrons. The summed E-state index contributed by atoms with van der Waals surface area (Å²) in [6.07, 6.45) is -3.37. The van der Waals surface area contributed by atoms with Crippen molar-refractivity contribution in [1.82, 2.24) is 0 Å². The molecular weight excluding hydrogens is 191 g/mol. The van der Waals surface area contributed by atoms with Crippen LogP contribution in [0.25, 0.3) is 0 Å². The van der Waals surface area contributed by atoms with Gasteiger partial charge >= 0.3 is 6.18 Å². The topological polar surface area (TPSA) is 26.0 Å². The number of hydrogen-bond donors (Lipinski definition) is 1. The van der Waals surface area contributed by atoms with Gasteiger partial charge in [-0.25, -0.2) is 0 Å². The lowest BCUT2D eigenvalue weighted by molar-refractivity contribution is -0.137. The van der Waals surface area contributed by atoms with E-state index in [-0.39, 0.29) is 12.0 Å². The molecule has 0 spiro atoms. The first-order valence-electron chi connectivity index (χ1n) is 4.41. The lowest BCUT2D eigenvalue weighted by atomic mass is 10.1. The SMILES string of the molecule is N[C@@H]1CC1c1ccc(C(F)(F)F)cc1. The molecule has 4 heteroatoms. The maximum Gasteiger partial charge on any atom is 0.416 e. The zero-order chi connectivity index (χ0) is 10.3. The standard InChI is InChI=1S/C10H10F3N/c11-10(12,13)7-3-1-6(2-4-7)8-5-9(8)14/h1-4,8-9H,5,14H2/t8?,9-/m1/s1. The van der Waals surface area contributed by atoms with E-state index in [1.54, 1.807) is 0 Å². The molecule has 2 rings (SSSR count). The van der Waals surface area contributed by atoms with Gasteiger partial charge in [-0.3, -0.25) is 0 Å². The van der Waals surface area contributed by atoms with Crippen LogP contribution in [0.2, 0.25) is 0 Å². The third-order valence-electron chi connectivity index (χ3n) is 2.51. The average Bonchev–Trinajstić information content (AvgIpc) is 2.81. The molecule has 1 aliphatic carbocycles. The van der Waals surface area contributed by atoms with Crippen LogP contribution in [0, 0.1) is 0 Å². The first-order valence-corrected chi connectivity index (χ1v) is 4.41. The molecule has 0 aliphatic heterocycles. The number of alkyl halides is 3. The molecule has 1 aromatic rings. The molecular formula is C10H10F3N. The summed E-state index contributed by atoms with van der Waals surface area (Å²) >= 11 is 0. The summed E-state index contributed by atoms with van der Waals surface area (Å²) in [7, 11) is 0. The average molecular weight is 201 g/mol. The Labute approximate surface area is 79.7 Å². The van der Waals surface area contributed by atoms with E-state index in [0.29, 0.717) is 0 Å². The highest BCUT2D eigenvalue weighted by Crippen LogP contribution is 2.39. The van der Waals surface area contributed by atoms with Crippen molar-refractivity contribution in [2.45, 2.75) is 24.6 Å². The summed E-state index contributed by atoms with van der Waals surface area (Å²) in [5, 5.41) is 0. The fourth-order valence-electron chi connectivity index (χ4n) is 1.52. The van der Waals surface area contributed by atoms with Crippen molar-refractivity contribution >= 4 is 0 Å². The molecule has 0 radical (unpaired) electrons. The number of halogens is 3. The van der Waals surface area contributed by atoms with E-state index in [1.807, 2.05) is 0 Å². The smallest absolute Gasteiger partial charge is 0.327 e. The van der Waals surface area contributed by atoms with Crippen molar-refractivity contribution in [1.29, 1.82) is 0 Å². The molecule has 0 amide bonds. The Balaban J connectivity index is 2.18. The third-order valence-corrected chi connectivity index (χ3v) is 2.51. The van der Waals surface area contributed by atoms with Gasteiger partial charge in [0.05, 0.1) is 5.56 Å². The van der Waals surface area contributed by atoms with Crippen LogP contribution in [0.15, 0.2) is 24.3 Å². The second-order valence-corrected chi connectivity index (χ2v) is 3.63. The van der Waals surface area contributed by atoms with Crippen LogP contribution in [0.3, 0.4) is 0 Å². The first-order chi connectivity index (χ1) is 6.48. The summed E-state index contributed by atoms with van der Waals surface area (Å²) in [6.45, 7) is 0. The second-order valence-electron chi connectivity index (χ2n) is 3.63. The predicted molar refractivity (Wildman–Crippen MR) is 46.8 cm³/mol. The van der Waals surface area contributed by atoms with Crippen LogP contribution >= 0.6 is 0 Å². The van der Waals surface area contributed by atoms with E-state index in [0.717, 1.165) is 24.1 Å². The van der Waals surface area contributed by atoms with Gasteiger partial charge in [0.2, 0.25) is 0 Å². The molecule has 1 unspecified atom stereocenters. The number of benzene rings is 1. The van der Waals surface area contributed by atoms with Gasteiger partial charge in [-0.15, -0.1) is 0 Å². The highest BCUT2D eigenvalue weighted by molar-refractivity contribution is 5.31. The van der Waals surface area contributed by atoms with Crippen LogP contribution in [0.4, 0.5) is 13.2 Å². The van der Waals surface area contributed by atoms with E-state index in [9.17, 15) is 13.2 Å². The summed E-state index contributed by atoms with van der Waals surface area (Å²) in [6, 6.07) is 5.38. The van der Waals surface area contributed by atoms with Crippen LogP contribution in [0.1, 0.15) is 23.5 Å². The highest BCUT2D eigenvalue weighted by Gasteiger charge is 2.36. The molecule has 0 heterocycles.